The van der Waals surface area contributed by atoms with Crippen molar-refractivity contribution in [2.75, 3.05) is 12.3 Å². The summed E-state index contributed by atoms with van der Waals surface area (Å²) in [6.45, 7) is -0.173. The number of halogens is 5. The highest BCUT2D eigenvalue weighted by molar-refractivity contribution is 5.71. The lowest BCUT2D eigenvalue weighted by Crippen LogP contribution is -2.43. The van der Waals surface area contributed by atoms with Gasteiger partial charge >= 0.3 is 12.5 Å². The molecule has 1 aliphatic rings. The molecule has 1 aliphatic heterocycles. The fourth-order valence-corrected chi connectivity index (χ4v) is 4.62. The number of carbonyl (C=O) groups is 1. The maximum Gasteiger partial charge on any atom is 0.573 e. The Labute approximate surface area is 229 Å². The zero-order chi connectivity index (χ0) is 29.3. The summed E-state index contributed by atoms with van der Waals surface area (Å²) in [6.07, 6.45) is -5.95. The molecule has 2 N–H and O–H groups in total. The molecule has 13 heteroatoms. The minimum absolute atomic E-state index is 0.0100. The van der Waals surface area contributed by atoms with Gasteiger partial charge < -0.3 is 20.1 Å². The van der Waals surface area contributed by atoms with E-state index < -0.39 is 47.2 Å². The van der Waals surface area contributed by atoms with E-state index in [1.54, 1.807) is 36.4 Å². The molecule has 0 radical (unpaired) electrons. The molecule has 1 atom stereocenters. The number of benzene rings is 3. The van der Waals surface area contributed by atoms with Gasteiger partial charge in [0, 0.05) is 18.2 Å². The lowest BCUT2D eigenvalue weighted by Gasteiger charge is -2.29. The van der Waals surface area contributed by atoms with Gasteiger partial charge in [-0.15, -0.1) is 13.2 Å². The van der Waals surface area contributed by atoms with E-state index in [4.69, 9.17) is 10.5 Å². The van der Waals surface area contributed by atoms with Crippen LogP contribution in [-0.2, 0) is 13.0 Å². The topological polar surface area (TPSA) is 99.7 Å². The summed E-state index contributed by atoms with van der Waals surface area (Å²) in [5.74, 6) is -3.25. The van der Waals surface area contributed by atoms with Gasteiger partial charge in [0.05, 0.1) is 18.3 Å². The lowest BCUT2D eigenvalue weighted by molar-refractivity contribution is -0.274. The Kier molecular flexibility index (Phi) is 7.35. The normalized spacial score (nSPS) is 13.8. The van der Waals surface area contributed by atoms with Crippen molar-refractivity contribution in [1.82, 2.24) is 14.5 Å². The highest BCUT2D eigenvalue weighted by Crippen LogP contribution is 2.30. The largest absolute Gasteiger partial charge is 0.573 e. The Morgan fingerprint density at radius 1 is 0.976 bits per heavy atom. The van der Waals surface area contributed by atoms with E-state index in [9.17, 15) is 31.5 Å². The van der Waals surface area contributed by atoms with Gasteiger partial charge in [-0.3, -0.25) is 9.36 Å². The average Bonchev–Trinajstić information content (AvgIpc) is 2.92. The summed E-state index contributed by atoms with van der Waals surface area (Å²) < 4.78 is 75.1. The Morgan fingerprint density at radius 2 is 1.66 bits per heavy atom. The highest BCUT2D eigenvalue weighted by Gasteiger charge is 2.32. The van der Waals surface area contributed by atoms with Gasteiger partial charge in [-0.1, -0.05) is 42.5 Å². The summed E-state index contributed by atoms with van der Waals surface area (Å²) in [6, 6.07) is 16.0. The van der Waals surface area contributed by atoms with Crippen LogP contribution in [0.1, 0.15) is 28.4 Å². The first-order valence-corrected chi connectivity index (χ1v) is 12.2. The van der Waals surface area contributed by atoms with Crippen LogP contribution in [0.15, 0.2) is 77.6 Å². The van der Waals surface area contributed by atoms with Crippen molar-refractivity contribution in [3.63, 3.8) is 0 Å². The molecule has 4 aromatic rings. The Morgan fingerprint density at radius 3 is 2.32 bits per heavy atom. The van der Waals surface area contributed by atoms with Crippen molar-refractivity contribution in [3.05, 3.63) is 117 Å². The van der Waals surface area contributed by atoms with Crippen LogP contribution in [0.4, 0.5) is 32.7 Å². The van der Waals surface area contributed by atoms with E-state index in [1.807, 2.05) is 6.07 Å². The quantitative estimate of drug-likeness (QED) is 0.330. The van der Waals surface area contributed by atoms with Gasteiger partial charge in [0.25, 0.3) is 5.56 Å². The fraction of sp³-hybridized carbons (Fsp3) is 0.179. The Hall–Kier alpha value is -4.94. The number of nitrogen functional groups attached to an aromatic ring is 1. The van der Waals surface area contributed by atoms with Crippen molar-refractivity contribution in [1.29, 1.82) is 0 Å². The second-order valence-corrected chi connectivity index (χ2v) is 9.11. The predicted molar refractivity (Wildman–Crippen MR) is 136 cm³/mol. The first-order chi connectivity index (χ1) is 19.5. The lowest BCUT2D eigenvalue weighted by atomic mass is 9.97. The minimum atomic E-state index is -5.01. The number of hydrogen-bond donors (Lipinski definition) is 1. The van der Waals surface area contributed by atoms with Gasteiger partial charge in [0.15, 0.2) is 11.6 Å². The first-order valence-electron chi connectivity index (χ1n) is 12.2. The van der Waals surface area contributed by atoms with Gasteiger partial charge in [0.2, 0.25) is 5.95 Å². The van der Waals surface area contributed by atoms with Crippen molar-refractivity contribution in [3.8, 4) is 11.5 Å². The zero-order valence-electron chi connectivity index (χ0n) is 21.1. The molecular formula is C28H21F5N4O4. The number of ether oxygens (including phenoxy) is 2. The fourth-order valence-electron chi connectivity index (χ4n) is 4.62. The number of carbonyl (C=O) groups excluding carboxylic acids is 1. The third kappa shape index (κ3) is 5.98. The molecule has 0 fully saturated rings. The molecule has 1 unspecified atom stereocenters. The molecule has 0 bridgehead atoms. The van der Waals surface area contributed by atoms with Crippen LogP contribution in [0.25, 0.3) is 0 Å². The van der Waals surface area contributed by atoms with Crippen LogP contribution in [-0.4, -0.2) is 33.5 Å². The molecule has 0 aliphatic carbocycles. The average molecular weight is 572 g/mol. The number of nitrogens with zero attached hydrogens (tertiary/aromatic N) is 3. The van der Waals surface area contributed by atoms with E-state index in [0.717, 1.165) is 17.0 Å². The van der Waals surface area contributed by atoms with Crippen LogP contribution >= 0.6 is 0 Å². The molecule has 41 heavy (non-hydrogen) atoms. The molecule has 0 spiro atoms. The van der Waals surface area contributed by atoms with Crippen molar-refractivity contribution in [2.45, 2.75) is 25.4 Å². The van der Waals surface area contributed by atoms with E-state index >= 15 is 0 Å². The number of alkyl halides is 3. The number of hydrogen-bond acceptors (Lipinski definition) is 6. The molecule has 212 valence electrons. The first kappa shape index (κ1) is 27.6. The maximum atomic E-state index is 14.3. The molecule has 1 amide bonds. The number of nitrogens with two attached hydrogens (primary N) is 1. The van der Waals surface area contributed by atoms with Gasteiger partial charge in [-0.25, -0.2) is 18.6 Å². The highest BCUT2D eigenvalue weighted by atomic mass is 19.4. The number of rotatable bonds is 5. The number of anilines is 1. The van der Waals surface area contributed by atoms with Crippen molar-refractivity contribution < 1.29 is 36.2 Å². The smallest absolute Gasteiger partial charge is 0.407 e. The number of aromatic nitrogens is 2. The van der Waals surface area contributed by atoms with E-state index in [0.29, 0.717) is 22.8 Å². The van der Waals surface area contributed by atoms with Gasteiger partial charge in [-0.05, 0) is 41.8 Å². The van der Waals surface area contributed by atoms with Gasteiger partial charge in [-0.2, -0.15) is 0 Å². The van der Waals surface area contributed by atoms with Gasteiger partial charge in [0.1, 0.15) is 11.6 Å². The predicted octanol–water partition coefficient (Wildman–Crippen LogP) is 5.20. The molecule has 2 heterocycles. The molecule has 0 saturated heterocycles. The van der Waals surface area contributed by atoms with Crippen LogP contribution < -0.4 is 20.8 Å². The van der Waals surface area contributed by atoms with E-state index in [-0.39, 0.29) is 31.2 Å². The monoisotopic (exact) mass is 572 g/mol. The van der Waals surface area contributed by atoms with Crippen molar-refractivity contribution >= 4 is 12.0 Å². The Bertz CT molecular complexity index is 1640. The molecule has 8 nitrogen and oxygen atoms in total. The third-order valence-electron chi connectivity index (χ3n) is 6.45. The summed E-state index contributed by atoms with van der Waals surface area (Å²) in [5.41, 5.74) is 7.67. The Balaban J connectivity index is 1.41. The second kappa shape index (κ2) is 10.9. The summed E-state index contributed by atoms with van der Waals surface area (Å²) in [4.78, 5) is 32.0. The van der Waals surface area contributed by atoms with Crippen LogP contribution in [0.5, 0.6) is 11.5 Å². The SMILES string of the molecule is Nc1nc2c(c(=O)n1C(c1ccccc1)c1ccc(F)cc1)CCN(C(=O)Oc1ccc(OC(F)(F)F)cc1F)C2. The van der Waals surface area contributed by atoms with Crippen LogP contribution in [0.2, 0.25) is 0 Å². The molecule has 0 saturated carbocycles. The summed E-state index contributed by atoms with van der Waals surface area (Å²) >= 11 is 0. The third-order valence-corrected chi connectivity index (χ3v) is 6.45. The number of fused-ring (bicyclic) bond motifs is 1. The van der Waals surface area contributed by atoms with E-state index in [2.05, 4.69) is 9.72 Å². The second-order valence-electron chi connectivity index (χ2n) is 9.11. The maximum absolute atomic E-state index is 14.3. The summed E-state index contributed by atoms with van der Waals surface area (Å²) in [7, 11) is 0. The van der Waals surface area contributed by atoms with Crippen molar-refractivity contribution in [2.24, 2.45) is 0 Å². The standard InChI is InChI=1S/C28H21F5N4O4/c29-18-8-6-17(7-9-18)24(16-4-2-1-3-5-16)37-25(38)20-12-13-36(15-22(20)35-26(37)34)27(39)40-23-11-10-19(14-21(23)30)41-28(31,32)33/h1-11,14,24H,12-13,15H2,(H2,34,35). The molecule has 5 rings (SSSR count). The number of amides is 1. The van der Waals surface area contributed by atoms with Crippen LogP contribution in [0.3, 0.4) is 0 Å². The van der Waals surface area contributed by atoms with Crippen LogP contribution in [0, 0.1) is 11.6 Å². The molecular weight excluding hydrogens is 551 g/mol. The molecule has 1 aromatic heterocycles. The van der Waals surface area contributed by atoms with E-state index in [1.165, 1.54) is 16.7 Å². The molecule has 3 aromatic carbocycles. The minimum Gasteiger partial charge on any atom is -0.407 e. The zero-order valence-corrected chi connectivity index (χ0v) is 21.1. The summed E-state index contributed by atoms with van der Waals surface area (Å²) in [5, 5.41) is 0.